The van der Waals surface area contributed by atoms with E-state index in [1.165, 1.54) is 39.2 Å². The van der Waals surface area contributed by atoms with E-state index in [0.29, 0.717) is 36.4 Å². The summed E-state index contributed by atoms with van der Waals surface area (Å²) in [6.07, 6.45) is 1.45. The molecule has 1 amide bonds. The molecule has 0 bridgehead atoms. The zero-order valence-electron chi connectivity index (χ0n) is 18.3. The van der Waals surface area contributed by atoms with Crippen LogP contribution in [0.3, 0.4) is 0 Å². The Labute approximate surface area is 202 Å². The number of anilines is 1. The fourth-order valence-electron chi connectivity index (χ4n) is 4.09. The second-order valence-electron chi connectivity index (χ2n) is 8.06. The van der Waals surface area contributed by atoms with Crippen LogP contribution in [0.5, 0.6) is 0 Å². The number of carbonyl (C=O) groups excluding carboxylic acids is 1. The number of aryl methyl sites for hydroxylation is 1. The summed E-state index contributed by atoms with van der Waals surface area (Å²) in [4.78, 5) is 47.7. The first-order valence-corrected chi connectivity index (χ1v) is 12.4. The lowest BCUT2D eigenvalue weighted by Gasteiger charge is -2.36. The Bertz CT molecular complexity index is 1430. The molecule has 1 fully saturated rings. The Hall–Kier alpha value is -3.57. The van der Waals surface area contributed by atoms with E-state index in [9.17, 15) is 19.7 Å². The highest BCUT2D eigenvalue weighted by Crippen LogP contribution is 2.34. The quantitative estimate of drug-likeness (QED) is 0.309. The van der Waals surface area contributed by atoms with Gasteiger partial charge in [0.05, 0.1) is 16.6 Å². The van der Waals surface area contributed by atoms with Crippen LogP contribution in [0.15, 0.2) is 52.9 Å². The Morgan fingerprint density at radius 3 is 2.50 bits per heavy atom. The zero-order chi connectivity index (χ0) is 23.8. The highest BCUT2D eigenvalue weighted by molar-refractivity contribution is 7.19. The van der Waals surface area contributed by atoms with Gasteiger partial charge in [-0.15, -0.1) is 22.7 Å². The largest absolute Gasteiger partial charge is 0.368 e. The Morgan fingerprint density at radius 2 is 1.85 bits per heavy atom. The van der Waals surface area contributed by atoms with Crippen molar-refractivity contribution in [3.8, 4) is 10.4 Å². The number of non-ortho nitro benzene ring substituents is 1. The molecule has 5 rings (SSSR count). The van der Waals surface area contributed by atoms with Crippen molar-refractivity contribution in [1.82, 2.24) is 14.5 Å². The monoisotopic (exact) mass is 495 g/mol. The molecule has 1 saturated heterocycles. The molecule has 1 aromatic carbocycles. The first-order valence-electron chi connectivity index (χ1n) is 10.7. The van der Waals surface area contributed by atoms with Crippen LogP contribution in [-0.2, 0) is 11.3 Å². The lowest BCUT2D eigenvalue weighted by Crippen LogP contribution is -2.50. The molecule has 0 saturated carbocycles. The number of rotatable bonds is 5. The number of thiophene rings is 2. The number of hydrogen-bond acceptors (Lipinski definition) is 8. The zero-order valence-corrected chi connectivity index (χ0v) is 20.0. The number of nitro groups is 1. The highest BCUT2D eigenvalue weighted by atomic mass is 32.1. The standard InChI is InChI=1S/C23H21N5O4S2/c1-15-2-7-19(34-15)18-13-33-22-21(18)23(30)27(14-24-22)12-20(29)26-10-8-25(9-11-26)16-3-5-17(6-4-16)28(31)32/h2-7,13-14H,8-12H2,1H3. The van der Waals surface area contributed by atoms with Crippen molar-refractivity contribution in [1.29, 1.82) is 0 Å². The number of piperazine rings is 1. The number of amides is 1. The van der Waals surface area contributed by atoms with E-state index in [2.05, 4.69) is 9.88 Å². The summed E-state index contributed by atoms with van der Waals surface area (Å²) in [6.45, 7) is 4.22. The Kier molecular flexibility index (Phi) is 5.88. The SMILES string of the molecule is Cc1ccc(-c2csc3ncn(CC(=O)N4CCN(c5ccc([N+](=O)[O-])cc5)CC4)c(=O)c23)s1. The van der Waals surface area contributed by atoms with Gasteiger partial charge in [0, 0.05) is 64.7 Å². The van der Waals surface area contributed by atoms with E-state index in [-0.39, 0.29) is 23.7 Å². The number of fused-ring (bicyclic) bond motifs is 1. The van der Waals surface area contributed by atoms with Crippen LogP contribution in [0.2, 0.25) is 0 Å². The van der Waals surface area contributed by atoms with Gasteiger partial charge >= 0.3 is 0 Å². The van der Waals surface area contributed by atoms with Gasteiger partial charge in [-0.2, -0.15) is 0 Å². The third kappa shape index (κ3) is 4.19. The van der Waals surface area contributed by atoms with Crippen LogP contribution < -0.4 is 10.5 Å². The molecule has 0 spiro atoms. The molecule has 34 heavy (non-hydrogen) atoms. The molecule has 4 aromatic rings. The summed E-state index contributed by atoms with van der Waals surface area (Å²) in [7, 11) is 0. The molecule has 1 aliphatic rings. The van der Waals surface area contributed by atoms with Gasteiger partial charge in [-0.25, -0.2) is 4.98 Å². The lowest BCUT2D eigenvalue weighted by atomic mass is 10.2. The summed E-state index contributed by atoms with van der Waals surface area (Å²) >= 11 is 3.06. The minimum Gasteiger partial charge on any atom is -0.368 e. The average Bonchev–Trinajstić information content (AvgIpc) is 3.47. The number of aromatic nitrogens is 2. The number of nitrogens with zero attached hydrogens (tertiary/aromatic N) is 5. The second-order valence-corrected chi connectivity index (χ2v) is 10.2. The van der Waals surface area contributed by atoms with E-state index in [1.807, 2.05) is 24.4 Å². The number of nitro benzene ring substituents is 1. The van der Waals surface area contributed by atoms with Crippen LogP contribution in [0.25, 0.3) is 20.7 Å². The summed E-state index contributed by atoms with van der Waals surface area (Å²) in [5.74, 6) is -0.129. The maximum atomic E-state index is 13.2. The second kappa shape index (κ2) is 8.99. The molecule has 0 atom stereocenters. The predicted molar refractivity (Wildman–Crippen MR) is 134 cm³/mol. The van der Waals surface area contributed by atoms with Crippen molar-refractivity contribution in [2.45, 2.75) is 13.5 Å². The Morgan fingerprint density at radius 1 is 1.12 bits per heavy atom. The van der Waals surface area contributed by atoms with Gasteiger partial charge in [0.25, 0.3) is 11.2 Å². The van der Waals surface area contributed by atoms with Gasteiger partial charge in [0.2, 0.25) is 5.91 Å². The first-order chi connectivity index (χ1) is 16.4. The topological polar surface area (TPSA) is 102 Å². The minimum absolute atomic E-state index is 0.0524. The predicted octanol–water partition coefficient (Wildman–Crippen LogP) is 3.75. The summed E-state index contributed by atoms with van der Waals surface area (Å²) < 4.78 is 1.39. The molecule has 11 heteroatoms. The van der Waals surface area contributed by atoms with Crippen LogP contribution in [-0.4, -0.2) is 51.5 Å². The fraction of sp³-hybridized carbons (Fsp3) is 0.261. The number of hydrogen-bond donors (Lipinski definition) is 0. The Balaban J connectivity index is 1.28. The maximum absolute atomic E-state index is 13.2. The van der Waals surface area contributed by atoms with Crippen LogP contribution in [0, 0.1) is 17.0 Å². The maximum Gasteiger partial charge on any atom is 0.269 e. The van der Waals surface area contributed by atoms with Gasteiger partial charge in [-0.05, 0) is 31.2 Å². The molecule has 0 aliphatic carbocycles. The minimum atomic E-state index is -0.422. The average molecular weight is 496 g/mol. The van der Waals surface area contributed by atoms with E-state index in [1.54, 1.807) is 28.4 Å². The van der Waals surface area contributed by atoms with Crippen molar-refractivity contribution in [3.05, 3.63) is 73.5 Å². The highest BCUT2D eigenvalue weighted by Gasteiger charge is 2.23. The van der Waals surface area contributed by atoms with Crippen molar-refractivity contribution >= 4 is 50.2 Å². The number of benzene rings is 1. The first kappa shape index (κ1) is 22.2. The molecule has 1 aliphatic heterocycles. The fourth-order valence-corrected chi connectivity index (χ4v) is 5.95. The van der Waals surface area contributed by atoms with Crippen molar-refractivity contribution in [3.63, 3.8) is 0 Å². The molecule has 3 aromatic heterocycles. The van der Waals surface area contributed by atoms with E-state index in [4.69, 9.17) is 0 Å². The van der Waals surface area contributed by atoms with E-state index < -0.39 is 4.92 Å². The summed E-state index contributed by atoms with van der Waals surface area (Å²) in [5, 5.41) is 13.4. The van der Waals surface area contributed by atoms with E-state index >= 15 is 0 Å². The van der Waals surface area contributed by atoms with Gasteiger partial charge in [0.1, 0.15) is 11.4 Å². The smallest absolute Gasteiger partial charge is 0.269 e. The van der Waals surface area contributed by atoms with E-state index in [0.717, 1.165) is 16.1 Å². The molecule has 174 valence electrons. The third-order valence-corrected chi connectivity index (χ3v) is 7.85. The summed E-state index contributed by atoms with van der Waals surface area (Å²) in [5.41, 5.74) is 1.60. The van der Waals surface area contributed by atoms with Gasteiger partial charge in [-0.3, -0.25) is 24.3 Å². The molecule has 0 radical (unpaired) electrons. The number of carbonyl (C=O) groups is 1. The van der Waals surface area contributed by atoms with Crippen LogP contribution >= 0.6 is 22.7 Å². The molecule has 0 unspecified atom stereocenters. The van der Waals surface area contributed by atoms with Crippen LogP contribution in [0.4, 0.5) is 11.4 Å². The lowest BCUT2D eigenvalue weighted by molar-refractivity contribution is -0.384. The molecular weight excluding hydrogens is 474 g/mol. The van der Waals surface area contributed by atoms with Crippen molar-refractivity contribution < 1.29 is 9.72 Å². The molecule has 0 N–H and O–H groups in total. The van der Waals surface area contributed by atoms with Gasteiger partial charge in [-0.1, -0.05) is 0 Å². The van der Waals surface area contributed by atoms with Gasteiger partial charge < -0.3 is 9.80 Å². The third-order valence-electron chi connectivity index (χ3n) is 5.93. The van der Waals surface area contributed by atoms with Crippen molar-refractivity contribution in [2.75, 3.05) is 31.1 Å². The summed E-state index contributed by atoms with van der Waals surface area (Å²) in [6, 6.07) is 10.5. The molecular formula is C23H21N5O4S2. The molecule has 4 heterocycles. The normalized spacial score (nSPS) is 14.0. The van der Waals surface area contributed by atoms with Gasteiger partial charge in [0.15, 0.2) is 0 Å². The van der Waals surface area contributed by atoms with Crippen LogP contribution in [0.1, 0.15) is 4.88 Å². The molecule has 9 nitrogen and oxygen atoms in total. The van der Waals surface area contributed by atoms with Crippen molar-refractivity contribution in [2.24, 2.45) is 0 Å².